The van der Waals surface area contributed by atoms with E-state index in [2.05, 4.69) is 26.3 Å². The molecule has 9 nitrogen and oxygen atoms in total. The molecule has 1 aromatic carbocycles. The van der Waals surface area contributed by atoms with Crippen molar-refractivity contribution in [2.75, 3.05) is 40.1 Å². The number of aliphatic imine (C=N–C) groups is 1. The fourth-order valence-electron chi connectivity index (χ4n) is 4.88. The Morgan fingerprint density at radius 3 is 2.55 bits per heavy atom. The highest BCUT2D eigenvalue weighted by Gasteiger charge is 2.37. The lowest BCUT2D eigenvalue weighted by Crippen LogP contribution is -2.50. The Morgan fingerprint density at radius 2 is 1.85 bits per heavy atom. The van der Waals surface area contributed by atoms with E-state index in [1.807, 2.05) is 18.3 Å². The van der Waals surface area contributed by atoms with Crippen molar-refractivity contribution in [2.24, 2.45) is 4.99 Å². The topological polar surface area (TPSA) is 96.4 Å². The quantitative estimate of drug-likeness (QED) is 0.213. The fraction of sp³-hybridized carbons (Fsp3) is 0.429. The molecule has 1 fully saturated rings. The minimum Gasteiger partial charge on any atom is -0.433 e. The van der Waals surface area contributed by atoms with E-state index < -0.39 is 48.1 Å². The van der Waals surface area contributed by atoms with E-state index in [9.17, 15) is 22.8 Å². The number of urea groups is 1. The molecule has 1 atom stereocenters. The highest BCUT2D eigenvalue weighted by Crippen LogP contribution is 2.32. The number of aromatic nitrogens is 1. The zero-order valence-electron chi connectivity index (χ0n) is 22.4. The number of amides is 2. The predicted molar refractivity (Wildman–Crippen MR) is 141 cm³/mol. The lowest BCUT2D eigenvalue weighted by molar-refractivity contribution is -0.146. The molecule has 12 heteroatoms. The van der Waals surface area contributed by atoms with Crippen LogP contribution in [0.1, 0.15) is 49.4 Å². The molecule has 0 aliphatic carbocycles. The summed E-state index contributed by atoms with van der Waals surface area (Å²) in [4.78, 5) is 37.9. The SMILES string of the molecule is COCOC(=O)C1=NC(C)=CC(c2cc(F)c(F)cc2F)N1C(=O)NCCCN1CCC(c2ccccn2)CC1. The van der Waals surface area contributed by atoms with Crippen molar-refractivity contribution < 1.29 is 32.2 Å². The van der Waals surface area contributed by atoms with E-state index in [1.165, 1.54) is 20.1 Å². The Kier molecular flexibility index (Phi) is 9.88. The van der Waals surface area contributed by atoms with Crippen LogP contribution in [0.25, 0.3) is 0 Å². The Morgan fingerprint density at radius 1 is 1.10 bits per heavy atom. The van der Waals surface area contributed by atoms with Gasteiger partial charge in [-0.05, 0) is 70.1 Å². The summed E-state index contributed by atoms with van der Waals surface area (Å²) in [5, 5.41) is 2.74. The fourth-order valence-corrected chi connectivity index (χ4v) is 4.88. The molecule has 214 valence electrons. The van der Waals surface area contributed by atoms with Gasteiger partial charge >= 0.3 is 12.0 Å². The molecule has 2 amide bonds. The largest absolute Gasteiger partial charge is 0.433 e. The monoisotopic (exact) mass is 559 g/mol. The van der Waals surface area contributed by atoms with Crippen LogP contribution in [0.3, 0.4) is 0 Å². The van der Waals surface area contributed by atoms with Crippen molar-refractivity contribution in [3.05, 3.63) is 77.0 Å². The first-order valence-corrected chi connectivity index (χ1v) is 13.1. The maximum atomic E-state index is 14.8. The summed E-state index contributed by atoms with van der Waals surface area (Å²) >= 11 is 0. The Labute approximate surface area is 230 Å². The van der Waals surface area contributed by atoms with Gasteiger partial charge in [0.25, 0.3) is 0 Å². The van der Waals surface area contributed by atoms with Gasteiger partial charge in [-0.1, -0.05) is 6.07 Å². The number of amidine groups is 1. The van der Waals surface area contributed by atoms with Gasteiger partial charge in [0.15, 0.2) is 18.4 Å². The highest BCUT2D eigenvalue weighted by molar-refractivity contribution is 6.38. The smallest absolute Gasteiger partial charge is 0.376 e. The summed E-state index contributed by atoms with van der Waals surface area (Å²) in [5.41, 5.74) is 1.03. The molecule has 2 aliphatic rings. The van der Waals surface area contributed by atoms with Crippen LogP contribution >= 0.6 is 0 Å². The Bertz CT molecular complexity index is 1270. The second-order valence-electron chi connectivity index (χ2n) is 9.64. The first-order valence-electron chi connectivity index (χ1n) is 13.1. The molecule has 40 heavy (non-hydrogen) atoms. The van der Waals surface area contributed by atoms with E-state index in [0.717, 1.165) is 43.1 Å². The number of likely N-dealkylation sites (tertiary alicyclic amines) is 1. The number of benzene rings is 1. The standard InChI is InChI=1S/C28H32F3N5O4/c1-18-14-25(20-15-22(30)23(31)16-21(20)29)36(26(34-18)27(37)40-17-39-2)28(38)33-10-5-11-35-12-7-19(8-13-35)24-6-3-4-9-32-24/h3-4,6,9,14-16,19,25H,5,7-8,10-13,17H2,1-2H3,(H,33,38). The number of nitrogens with zero attached hydrogens (tertiary/aromatic N) is 4. The lowest BCUT2D eigenvalue weighted by Gasteiger charge is -2.33. The number of esters is 1. The van der Waals surface area contributed by atoms with E-state index in [0.29, 0.717) is 24.5 Å². The number of halogens is 3. The Hall–Kier alpha value is -3.77. The second-order valence-corrected chi connectivity index (χ2v) is 9.64. The third-order valence-corrected chi connectivity index (χ3v) is 6.88. The summed E-state index contributed by atoms with van der Waals surface area (Å²) in [5.74, 6) is -4.73. The van der Waals surface area contributed by atoms with Crippen LogP contribution in [0.5, 0.6) is 0 Å². The molecule has 2 aromatic rings. The predicted octanol–water partition coefficient (Wildman–Crippen LogP) is 4.28. The number of carbonyl (C=O) groups is 2. The molecule has 0 spiro atoms. The number of piperidine rings is 1. The van der Waals surface area contributed by atoms with Gasteiger partial charge in [0, 0.05) is 48.8 Å². The first-order chi connectivity index (χ1) is 19.3. The van der Waals surface area contributed by atoms with E-state index in [4.69, 9.17) is 9.47 Å². The van der Waals surface area contributed by atoms with Crippen molar-refractivity contribution in [3.63, 3.8) is 0 Å². The van der Waals surface area contributed by atoms with Crippen molar-refractivity contribution in [1.82, 2.24) is 20.1 Å². The summed E-state index contributed by atoms with van der Waals surface area (Å²) in [6, 6.07) is 4.98. The van der Waals surface area contributed by atoms with Crippen LogP contribution in [0.4, 0.5) is 18.0 Å². The van der Waals surface area contributed by atoms with Gasteiger partial charge in [-0.15, -0.1) is 0 Å². The zero-order valence-corrected chi connectivity index (χ0v) is 22.4. The number of hydrogen-bond acceptors (Lipinski definition) is 7. The van der Waals surface area contributed by atoms with Gasteiger partial charge in [-0.25, -0.2) is 27.8 Å². The number of carbonyl (C=O) groups excluding carboxylic acids is 2. The van der Waals surface area contributed by atoms with Gasteiger partial charge in [-0.2, -0.15) is 0 Å². The molecule has 0 bridgehead atoms. The second kappa shape index (κ2) is 13.5. The van der Waals surface area contributed by atoms with Gasteiger partial charge in [0.2, 0.25) is 5.84 Å². The third kappa shape index (κ3) is 7.05. The van der Waals surface area contributed by atoms with Crippen LogP contribution in [0.15, 0.2) is 53.3 Å². The molecule has 0 saturated carbocycles. The molecular weight excluding hydrogens is 527 g/mol. The van der Waals surface area contributed by atoms with Crippen LogP contribution < -0.4 is 5.32 Å². The minimum absolute atomic E-state index is 0.256. The summed E-state index contributed by atoms with van der Waals surface area (Å²) < 4.78 is 52.2. The molecule has 1 unspecified atom stereocenters. The summed E-state index contributed by atoms with van der Waals surface area (Å²) in [6.07, 6.45) is 5.80. The normalized spacial score (nSPS) is 18.2. The highest BCUT2D eigenvalue weighted by atomic mass is 19.2. The molecule has 1 aromatic heterocycles. The molecule has 1 saturated heterocycles. The van der Waals surface area contributed by atoms with Crippen LogP contribution in [-0.2, 0) is 14.3 Å². The van der Waals surface area contributed by atoms with Crippen molar-refractivity contribution >= 4 is 17.8 Å². The van der Waals surface area contributed by atoms with E-state index in [-0.39, 0.29) is 17.8 Å². The molecule has 2 aliphatic heterocycles. The van der Waals surface area contributed by atoms with Gasteiger partial charge < -0.3 is 19.7 Å². The number of ether oxygens (including phenoxy) is 2. The lowest BCUT2D eigenvalue weighted by atomic mass is 9.93. The van der Waals surface area contributed by atoms with E-state index >= 15 is 0 Å². The molecule has 1 N–H and O–H groups in total. The average Bonchev–Trinajstić information content (AvgIpc) is 2.96. The molecule has 3 heterocycles. The van der Waals surface area contributed by atoms with Gasteiger partial charge in [0.1, 0.15) is 5.82 Å². The first kappa shape index (κ1) is 29.2. The number of rotatable bonds is 9. The summed E-state index contributed by atoms with van der Waals surface area (Å²) in [7, 11) is 1.31. The maximum absolute atomic E-state index is 14.8. The van der Waals surface area contributed by atoms with Crippen molar-refractivity contribution in [2.45, 2.75) is 38.1 Å². The van der Waals surface area contributed by atoms with Gasteiger partial charge in [-0.3, -0.25) is 9.88 Å². The number of methoxy groups -OCH3 is 1. The molecule has 4 rings (SSSR count). The van der Waals surface area contributed by atoms with Crippen molar-refractivity contribution in [1.29, 1.82) is 0 Å². The maximum Gasteiger partial charge on any atom is 0.376 e. The Balaban J connectivity index is 1.41. The van der Waals surface area contributed by atoms with Gasteiger partial charge in [0.05, 0.1) is 6.04 Å². The number of nitrogens with one attached hydrogen (secondary N) is 1. The molecule has 0 radical (unpaired) electrons. The molecular formula is C28H32F3N5O4. The number of hydrogen-bond donors (Lipinski definition) is 1. The van der Waals surface area contributed by atoms with Crippen molar-refractivity contribution in [3.8, 4) is 0 Å². The average molecular weight is 560 g/mol. The van der Waals surface area contributed by atoms with Crippen LogP contribution in [0, 0.1) is 17.5 Å². The van der Waals surface area contributed by atoms with Crippen LogP contribution in [0.2, 0.25) is 0 Å². The zero-order chi connectivity index (χ0) is 28.6. The summed E-state index contributed by atoms with van der Waals surface area (Å²) in [6.45, 7) is 3.94. The number of pyridine rings is 1. The number of allylic oxidation sites excluding steroid dienone is 1. The van der Waals surface area contributed by atoms with Crippen LogP contribution in [-0.4, -0.2) is 72.7 Å². The minimum atomic E-state index is -1.37. The third-order valence-electron chi connectivity index (χ3n) is 6.88. The van der Waals surface area contributed by atoms with E-state index in [1.54, 1.807) is 0 Å².